The molecule has 1 unspecified atom stereocenters. The maximum atomic E-state index is 10.9. The van der Waals surface area contributed by atoms with Crippen molar-refractivity contribution in [3.63, 3.8) is 0 Å². The predicted molar refractivity (Wildman–Crippen MR) is 127 cm³/mol. The summed E-state index contributed by atoms with van der Waals surface area (Å²) in [6.07, 6.45) is 1.75. The molecule has 4 aromatic rings. The number of nitrogens with one attached hydrogen (secondary N) is 1. The number of benzene rings is 2. The number of halogens is 1. The van der Waals surface area contributed by atoms with Crippen LogP contribution in [0, 0.1) is 11.3 Å². The van der Waals surface area contributed by atoms with Crippen molar-refractivity contribution >= 4 is 40.0 Å². The van der Waals surface area contributed by atoms with Crippen LogP contribution in [0.5, 0.6) is 0 Å². The van der Waals surface area contributed by atoms with E-state index in [1.807, 2.05) is 41.0 Å². The number of hydrogen-bond donors (Lipinski definition) is 2. The normalized spacial score (nSPS) is 12.9. The number of rotatable bonds is 7. The molecule has 0 radical (unpaired) electrons. The number of fused-ring (bicyclic) bond motifs is 1. The molecule has 2 aromatic heterocycles. The minimum atomic E-state index is -0.469. The molecule has 0 aliphatic rings. The number of H-pyrrole nitrogens is 1. The molecule has 2 aromatic carbocycles. The summed E-state index contributed by atoms with van der Waals surface area (Å²) in [6.45, 7) is 6.11. The first-order valence-electron chi connectivity index (χ1n) is 9.77. The summed E-state index contributed by atoms with van der Waals surface area (Å²) in [7, 11) is 0. The fourth-order valence-corrected chi connectivity index (χ4v) is 4.25. The Kier molecular flexibility index (Phi) is 6.30. The van der Waals surface area contributed by atoms with Crippen LogP contribution in [0.25, 0.3) is 28.0 Å². The zero-order valence-electron chi connectivity index (χ0n) is 17.2. The molecule has 0 aliphatic heterocycles. The lowest BCUT2D eigenvalue weighted by atomic mass is 10.2. The molecule has 2 heterocycles. The number of imidazole rings is 1. The third kappa shape index (κ3) is 4.26. The number of nitrogens with zero attached hydrogens (tertiary/aromatic N) is 5. The molecule has 0 spiro atoms. The summed E-state index contributed by atoms with van der Waals surface area (Å²) in [4.78, 5) is 7.52. The lowest BCUT2D eigenvalue weighted by Crippen LogP contribution is -2.08. The van der Waals surface area contributed by atoms with Crippen molar-refractivity contribution in [2.75, 3.05) is 0 Å². The van der Waals surface area contributed by atoms with Crippen molar-refractivity contribution in [3.05, 3.63) is 77.8 Å². The summed E-state index contributed by atoms with van der Waals surface area (Å²) in [5.41, 5.74) is 2.47. The molecule has 32 heavy (non-hydrogen) atoms. The van der Waals surface area contributed by atoms with Crippen LogP contribution in [-0.2, 0) is 6.54 Å². The Hall–Kier alpha value is -3.54. The van der Waals surface area contributed by atoms with E-state index in [1.54, 1.807) is 25.1 Å². The molecule has 7 nitrogen and oxygen atoms in total. The van der Waals surface area contributed by atoms with Crippen LogP contribution < -0.4 is 0 Å². The Morgan fingerprint density at radius 1 is 1.28 bits per heavy atom. The summed E-state index contributed by atoms with van der Waals surface area (Å²) in [5.74, 6) is 0.906. The van der Waals surface area contributed by atoms with Gasteiger partial charge in [0, 0.05) is 17.1 Å². The molecule has 0 aliphatic carbocycles. The molecular weight excluding hydrogens is 444 g/mol. The fourth-order valence-electron chi connectivity index (χ4n) is 3.20. The molecule has 9 heteroatoms. The number of para-hydroxylation sites is 2. The fraction of sp³-hybridized carbons (Fsp3) is 0.130. The Morgan fingerprint density at radius 3 is 2.72 bits per heavy atom. The average molecular weight is 463 g/mol. The molecule has 0 bridgehead atoms. The van der Waals surface area contributed by atoms with Gasteiger partial charge in [-0.25, -0.2) is 4.98 Å². The second kappa shape index (κ2) is 9.30. The third-order valence-corrected chi connectivity index (χ3v) is 6.13. The lowest BCUT2D eigenvalue weighted by Gasteiger charge is -2.13. The number of aromatic amines is 1. The van der Waals surface area contributed by atoms with E-state index in [1.165, 1.54) is 11.8 Å². The van der Waals surface area contributed by atoms with Crippen LogP contribution in [0.2, 0.25) is 5.02 Å². The van der Waals surface area contributed by atoms with Gasteiger partial charge in [-0.1, -0.05) is 41.6 Å². The van der Waals surface area contributed by atoms with E-state index < -0.39 is 5.25 Å². The molecule has 160 valence electrons. The first-order valence-corrected chi connectivity index (χ1v) is 11.0. The van der Waals surface area contributed by atoms with Crippen LogP contribution >= 0.6 is 23.4 Å². The van der Waals surface area contributed by atoms with Gasteiger partial charge in [0.15, 0.2) is 16.8 Å². The zero-order valence-corrected chi connectivity index (χ0v) is 18.7. The molecule has 0 saturated carbocycles. The third-order valence-electron chi connectivity index (χ3n) is 4.79. The predicted octanol–water partition coefficient (Wildman–Crippen LogP) is 5.63. The number of aliphatic hydroxyl groups is 1. The van der Waals surface area contributed by atoms with Crippen molar-refractivity contribution in [1.29, 1.82) is 5.26 Å². The van der Waals surface area contributed by atoms with Gasteiger partial charge in [-0.05, 0) is 43.3 Å². The Bertz CT molecular complexity index is 1320. The first-order chi connectivity index (χ1) is 15.5. The van der Waals surface area contributed by atoms with Crippen LogP contribution in [0.15, 0.2) is 72.1 Å². The number of hydrogen-bond acceptors (Lipinski definition) is 6. The summed E-state index contributed by atoms with van der Waals surface area (Å²) < 4.78 is 1.90. The van der Waals surface area contributed by atoms with Crippen LogP contribution in [0.1, 0.15) is 12.7 Å². The summed E-state index contributed by atoms with van der Waals surface area (Å²) in [5, 5.41) is 30.0. The van der Waals surface area contributed by atoms with Gasteiger partial charge in [0.1, 0.15) is 17.4 Å². The smallest absolute Gasteiger partial charge is 0.192 e. The monoisotopic (exact) mass is 462 g/mol. The Balaban J connectivity index is 1.66. The number of allylic oxidation sites excluding steroid dienone is 2. The second-order valence-electron chi connectivity index (χ2n) is 6.95. The van der Waals surface area contributed by atoms with Gasteiger partial charge < -0.3 is 10.1 Å². The van der Waals surface area contributed by atoms with Gasteiger partial charge in [0.05, 0.1) is 16.3 Å². The minimum Gasteiger partial charge on any atom is -0.510 e. The van der Waals surface area contributed by atoms with E-state index in [9.17, 15) is 10.4 Å². The van der Waals surface area contributed by atoms with E-state index in [-0.39, 0.29) is 11.3 Å². The number of aromatic nitrogens is 5. The largest absolute Gasteiger partial charge is 0.510 e. The zero-order chi connectivity index (χ0) is 22.7. The van der Waals surface area contributed by atoms with Crippen molar-refractivity contribution in [2.24, 2.45) is 0 Å². The Morgan fingerprint density at radius 2 is 2.03 bits per heavy atom. The van der Waals surface area contributed by atoms with E-state index in [0.29, 0.717) is 28.4 Å². The highest BCUT2D eigenvalue weighted by Gasteiger charge is 2.22. The van der Waals surface area contributed by atoms with Crippen molar-refractivity contribution in [1.82, 2.24) is 24.7 Å². The molecule has 4 rings (SSSR count). The van der Waals surface area contributed by atoms with Gasteiger partial charge in [0.2, 0.25) is 0 Å². The number of aliphatic hydroxyl groups excluding tert-OH is 1. The molecule has 0 saturated heterocycles. The Labute approximate surface area is 194 Å². The maximum absolute atomic E-state index is 10.9. The average Bonchev–Trinajstić information content (AvgIpc) is 3.39. The molecular formula is C23H19ClN6OS. The molecule has 1 atom stereocenters. The topological polar surface area (TPSA) is 103 Å². The molecule has 0 amide bonds. The standard InChI is InChI=1S/C23H19ClN6OS/c1-3-12-30-22(15-8-10-16(24)11-9-15)28-29-23(30)32-14(2)20(31)17(13-25)21-26-18-6-4-5-7-19(18)27-21/h3-11,14,31H,1,12H2,2H3,(H,26,27)/b20-17-. The molecule has 2 N–H and O–H groups in total. The number of thioether (sulfide) groups is 1. The highest BCUT2D eigenvalue weighted by atomic mass is 35.5. The maximum Gasteiger partial charge on any atom is 0.192 e. The van der Waals surface area contributed by atoms with E-state index in [4.69, 9.17) is 11.6 Å². The summed E-state index contributed by atoms with van der Waals surface area (Å²) in [6, 6.07) is 16.9. The number of nitriles is 1. The van der Waals surface area contributed by atoms with Crippen molar-refractivity contribution < 1.29 is 5.11 Å². The van der Waals surface area contributed by atoms with Crippen LogP contribution in [-0.4, -0.2) is 35.1 Å². The highest BCUT2D eigenvalue weighted by Crippen LogP contribution is 2.32. The van der Waals surface area contributed by atoms with Gasteiger partial charge in [-0.3, -0.25) is 4.57 Å². The first kappa shape index (κ1) is 21.7. The van der Waals surface area contributed by atoms with Gasteiger partial charge >= 0.3 is 0 Å². The quantitative estimate of drug-likeness (QED) is 0.159. The van der Waals surface area contributed by atoms with Crippen molar-refractivity contribution in [3.8, 4) is 17.5 Å². The van der Waals surface area contributed by atoms with E-state index in [2.05, 4.69) is 32.8 Å². The SMILES string of the molecule is C=CCn1c(SC(C)/C(O)=C(\C#N)c2nc3ccccc3[nH]2)nnc1-c1ccc(Cl)cc1. The van der Waals surface area contributed by atoms with E-state index in [0.717, 1.165) is 16.6 Å². The van der Waals surface area contributed by atoms with Crippen molar-refractivity contribution in [2.45, 2.75) is 23.9 Å². The summed E-state index contributed by atoms with van der Waals surface area (Å²) >= 11 is 7.30. The van der Waals surface area contributed by atoms with Gasteiger partial charge in [0.25, 0.3) is 0 Å². The van der Waals surface area contributed by atoms with Gasteiger partial charge in [-0.15, -0.1) is 16.8 Å². The van der Waals surface area contributed by atoms with E-state index >= 15 is 0 Å². The second-order valence-corrected chi connectivity index (χ2v) is 8.69. The molecule has 0 fully saturated rings. The van der Waals surface area contributed by atoms with Gasteiger partial charge in [-0.2, -0.15) is 5.26 Å². The van der Waals surface area contributed by atoms with Crippen LogP contribution in [0.4, 0.5) is 0 Å². The van der Waals surface area contributed by atoms with Crippen LogP contribution in [0.3, 0.4) is 0 Å². The highest BCUT2D eigenvalue weighted by molar-refractivity contribution is 7.99. The lowest BCUT2D eigenvalue weighted by molar-refractivity contribution is 0.401. The minimum absolute atomic E-state index is 0.0854.